The van der Waals surface area contributed by atoms with E-state index < -0.39 is 12.3 Å². The molecule has 7 nitrogen and oxygen atoms in total. The zero-order chi connectivity index (χ0) is 23.0. The predicted molar refractivity (Wildman–Crippen MR) is 124 cm³/mol. The van der Waals surface area contributed by atoms with Gasteiger partial charge in [0.1, 0.15) is 18.0 Å². The van der Waals surface area contributed by atoms with Gasteiger partial charge in [-0.25, -0.2) is 0 Å². The third-order valence-corrected chi connectivity index (χ3v) is 6.12. The first kappa shape index (κ1) is 22.3. The third kappa shape index (κ3) is 4.49. The van der Waals surface area contributed by atoms with Gasteiger partial charge in [0.15, 0.2) is 0 Å². The summed E-state index contributed by atoms with van der Waals surface area (Å²) in [6.07, 6.45) is -0.0480. The van der Waals surface area contributed by atoms with Crippen LogP contribution < -0.4 is 10.1 Å². The second-order valence-electron chi connectivity index (χ2n) is 9.73. The molecule has 2 N–H and O–H groups in total. The summed E-state index contributed by atoms with van der Waals surface area (Å²) in [5.41, 5.74) is 2.83. The molecule has 2 unspecified atom stereocenters. The van der Waals surface area contributed by atoms with Gasteiger partial charge in [-0.15, -0.1) is 0 Å². The normalized spacial score (nSPS) is 20.2. The number of ether oxygens (including phenoxy) is 1. The second kappa shape index (κ2) is 8.56. The van der Waals surface area contributed by atoms with Gasteiger partial charge in [0.25, 0.3) is 5.91 Å². The van der Waals surface area contributed by atoms with Gasteiger partial charge < -0.3 is 20.1 Å². The molecule has 1 saturated heterocycles. The molecule has 0 aromatic heterocycles. The van der Waals surface area contributed by atoms with Crippen LogP contribution in [0.2, 0.25) is 0 Å². The van der Waals surface area contributed by atoms with Crippen molar-refractivity contribution in [3.63, 3.8) is 0 Å². The molecule has 0 radical (unpaired) electrons. The highest BCUT2D eigenvalue weighted by atomic mass is 16.5. The zero-order valence-electron chi connectivity index (χ0n) is 19.1. The highest BCUT2D eigenvalue weighted by molar-refractivity contribution is 6.10. The molecule has 2 heterocycles. The summed E-state index contributed by atoms with van der Waals surface area (Å²) in [6.45, 7) is 7.46. The number of amides is 2. The van der Waals surface area contributed by atoms with E-state index in [0.717, 1.165) is 16.9 Å². The summed E-state index contributed by atoms with van der Waals surface area (Å²) in [4.78, 5) is 30.0. The molecule has 0 spiro atoms. The number of carbonyl (C=O) groups is 2. The highest BCUT2D eigenvalue weighted by Gasteiger charge is 2.41. The van der Waals surface area contributed by atoms with Crippen molar-refractivity contribution < 1.29 is 19.4 Å². The minimum atomic E-state index is -0.646. The molecule has 2 aromatic carbocycles. The number of hydrogen-bond donors (Lipinski definition) is 2. The number of nitrogens with zero attached hydrogens (tertiary/aromatic N) is 2. The largest absolute Gasteiger partial charge is 0.497 e. The fourth-order valence-corrected chi connectivity index (χ4v) is 4.38. The van der Waals surface area contributed by atoms with E-state index in [1.165, 1.54) is 0 Å². The summed E-state index contributed by atoms with van der Waals surface area (Å²) >= 11 is 0. The Balaban J connectivity index is 1.59. The number of piperazine rings is 1. The van der Waals surface area contributed by atoms with Crippen LogP contribution in [0.15, 0.2) is 42.5 Å². The van der Waals surface area contributed by atoms with Crippen LogP contribution in [-0.4, -0.2) is 65.7 Å². The fraction of sp³-hybridized carbons (Fsp3) is 0.440. The number of benzene rings is 2. The lowest BCUT2D eigenvalue weighted by molar-refractivity contribution is -0.125. The first-order chi connectivity index (χ1) is 15.2. The number of hydrogen-bond acceptors (Lipinski definition) is 5. The first-order valence-corrected chi connectivity index (χ1v) is 11.0. The van der Waals surface area contributed by atoms with E-state index in [2.05, 4.69) is 26.1 Å². The quantitative estimate of drug-likeness (QED) is 0.768. The number of nitrogens with one attached hydrogen (secondary N) is 1. The molecule has 2 amide bonds. The maximum atomic E-state index is 13.4. The van der Waals surface area contributed by atoms with Crippen molar-refractivity contribution in [1.82, 2.24) is 9.80 Å². The molecule has 1 fully saturated rings. The van der Waals surface area contributed by atoms with Crippen molar-refractivity contribution in [2.24, 2.45) is 5.41 Å². The number of methoxy groups -OCH3 is 1. The van der Waals surface area contributed by atoms with Crippen LogP contribution in [0.1, 0.15) is 37.6 Å². The van der Waals surface area contributed by atoms with Gasteiger partial charge in [0, 0.05) is 19.6 Å². The second-order valence-corrected chi connectivity index (χ2v) is 9.73. The van der Waals surface area contributed by atoms with Crippen LogP contribution in [0.4, 0.5) is 5.69 Å². The molecule has 4 rings (SSSR count). The molecule has 0 aliphatic carbocycles. The lowest BCUT2D eigenvalue weighted by Gasteiger charge is -2.42. The van der Waals surface area contributed by atoms with E-state index in [9.17, 15) is 14.7 Å². The van der Waals surface area contributed by atoms with Crippen LogP contribution in [0.3, 0.4) is 0 Å². The Labute approximate surface area is 189 Å². The summed E-state index contributed by atoms with van der Waals surface area (Å²) in [7, 11) is 1.62. The lowest BCUT2D eigenvalue weighted by Crippen LogP contribution is -2.60. The van der Waals surface area contributed by atoms with Gasteiger partial charge in [-0.1, -0.05) is 39.0 Å². The number of fused-ring (bicyclic) bond motifs is 2. The van der Waals surface area contributed by atoms with Gasteiger partial charge in [-0.3, -0.25) is 14.5 Å². The minimum absolute atomic E-state index is 0.0355. The molecule has 7 heteroatoms. The summed E-state index contributed by atoms with van der Waals surface area (Å²) in [6, 6.07) is 12.5. The lowest BCUT2D eigenvalue weighted by atomic mass is 9.90. The maximum absolute atomic E-state index is 13.4. The van der Waals surface area contributed by atoms with Crippen molar-refractivity contribution in [3.05, 3.63) is 48.0 Å². The zero-order valence-corrected chi connectivity index (χ0v) is 19.1. The predicted octanol–water partition coefficient (Wildman–Crippen LogP) is 3.20. The van der Waals surface area contributed by atoms with Crippen molar-refractivity contribution in [2.45, 2.75) is 39.5 Å². The molecule has 170 valence electrons. The Morgan fingerprint density at radius 1 is 1.09 bits per heavy atom. The first-order valence-electron chi connectivity index (χ1n) is 11.0. The van der Waals surface area contributed by atoms with E-state index in [1.54, 1.807) is 18.1 Å². The van der Waals surface area contributed by atoms with Crippen LogP contribution >= 0.6 is 0 Å². The standard InChI is InChI=1S/C25H31N3O4/c1-25(2,3)14-22(29)27-11-12-28-21(15-27)23(30)26-20-10-7-17(13-19(20)24(28)31)16-5-8-18(32-4)9-6-16/h5-10,13,21-22,29H,11-12,14-15H2,1-4H3,(H,26,30). The van der Waals surface area contributed by atoms with Crippen molar-refractivity contribution in [3.8, 4) is 16.9 Å². The molecule has 2 aliphatic heterocycles. The van der Waals surface area contributed by atoms with Gasteiger partial charge in [-0.05, 0) is 47.2 Å². The van der Waals surface area contributed by atoms with Crippen LogP contribution in [0.25, 0.3) is 11.1 Å². The third-order valence-electron chi connectivity index (χ3n) is 6.12. The molecule has 0 bridgehead atoms. The Kier molecular flexibility index (Phi) is 5.97. The Hall–Kier alpha value is -2.90. The summed E-state index contributed by atoms with van der Waals surface area (Å²) in [5.74, 6) is 0.381. The van der Waals surface area contributed by atoms with Crippen molar-refractivity contribution >= 4 is 17.5 Å². The SMILES string of the molecule is COc1ccc(-c2ccc3c(c2)C(=O)N2CCN(C(O)CC(C)(C)C)CC2C(=O)N3)cc1. The molecule has 2 aliphatic rings. The molecular formula is C25H31N3O4. The maximum Gasteiger partial charge on any atom is 0.256 e. The number of anilines is 1. The van der Waals surface area contributed by atoms with Gasteiger partial charge >= 0.3 is 0 Å². The molecule has 2 atom stereocenters. The number of aliphatic hydroxyl groups is 1. The minimum Gasteiger partial charge on any atom is -0.497 e. The van der Waals surface area contributed by atoms with Crippen LogP contribution in [0, 0.1) is 5.41 Å². The average Bonchev–Trinajstić information content (AvgIpc) is 2.87. The highest BCUT2D eigenvalue weighted by Crippen LogP contribution is 2.32. The monoisotopic (exact) mass is 437 g/mol. The number of rotatable bonds is 4. The molecule has 2 aromatic rings. The Morgan fingerprint density at radius 2 is 1.78 bits per heavy atom. The molecule has 0 saturated carbocycles. The van der Waals surface area contributed by atoms with Gasteiger partial charge in [-0.2, -0.15) is 0 Å². The van der Waals surface area contributed by atoms with Crippen molar-refractivity contribution in [2.75, 3.05) is 32.1 Å². The van der Waals surface area contributed by atoms with Crippen molar-refractivity contribution in [1.29, 1.82) is 0 Å². The smallest absolute Gasteiger partial charge is 0.256 e. The number of carbonyl (C=O) groups excluding carboxylic acids is 2. The van der Waals surface area contributed by atoms with Crippen LogP contribution in [0.5, 0.6) is 5.75 Å². The summed E-state index contributed by atoms with van der Waals surface area (Å²) in [5, 5.41) is 13.6. The summed E-state index contributed by atoms with van der Waals surface area (Å²) < 4.78 is 5.22. The topological polar surface area (TPSA) is 82.1 Å². The fourth-order valence-electron chi connectivity index (χ4n) is 4.38. The van der Waals surface area contributed by atoms with Gasteiger partial charge in [0.05, 0.1) is 18.4 Å². The Morgan fingerprint density at radius 3 is 2.44 bits per heavy atom. The van der Waals surface area contributed by atoms with E-state index in [0.29, 0.717) is 37.3 Å². The van der Waals surface area contributed by atoms with E-state index in [4.69, 9.17) is 4.74 Å². The average molecular weight is 438 g/mol. The molecular weight excluding hydrogens is 406 g/mol. The van der Waals surface area contributed by atoms with Crippen LogP contribution in [-0.2, 0) is 4.79 Å². The number of aliphatic hydroxyl groups excluding tert-OH is 1. The van der Waals surface area contributed by atoms with E-state index in [1.807, 2.05) is 41.3 Å². The van der Waals surface area contributed by atoms with E-state index >= 15 is 0 Å². The van der Waals surface area contributed by atoms with E-state index in [-0.39, 0.29) is 17.2 Å². The van der Waals surface area contributed by atoms with Gasteiger partial charge in [0.2, 0.25) is 5.91 Å². The Bertz CT molecular complexity index is 1010. The molecule has 32 heavy (non-hydrogen) atoms.